The lowest BCUT2D eigenvalue weighted by molar-refractivity contribution is -0.137. The van der Waals surface area contributed by atoms with Crippen molar-refractivity contribution in [3.8, 4) is 0 Å². The van der Waals surface area contributed by atoms with E-state index in [4.69, 9.17) is 10.5 Å². The number of carbonyl (C=O) groups is 2. The molecule has 0 aromatic heterocycles. The quantitative estimate of drug-likeness (QED) is 0.512. The SMILES string of the molecule is NC(=O)C1(C(=O)N[C@@H]2CCOC[C@H]2O)CC1. The molecule has 2 fully saturated rings. The maximum atomic E-state index is 11.8. The molecule has 0 aromatic carbocycles. The molecule has 1 aliphatic heterocycles. The van der Waals surface area contributed by atoms with Gasteiger partial charge in [-0.2, -0.15) is 0 Å². The highest BCUT2D eigenvalue weighted by molar-refractivity contribution is 6.07. The van der Waals surface area contributed by atoms with Gasteiger partial charge in [0.1, 0.15) is 5.41 Å². The number of aliphatic hydroxyl groups is 1. The van der Waals surface area contributed by atoms with Crippen LogP contribution in [-0.4, -0.2) is 42.3 Å². The number of aliphatic hydroxyl groups excluding tert-OH is 1. The number of rotatable bonds is 3. The Bertz CT molecular complexity index is 314. The van der Waals surface area contributed by atoms with Gasteiger partial charge in [0.2, 0.25) is 11.8 Å². The number of ether oxygens (including phenoxy) is 1. The molecular formula is C10H16N2O4. The first-order valence-corrected chi connectivity index (χ1v) is 5.43. The van der Waals surface area contributed by atoms with E-state index in [0.717, 1.165) is 0 Å². The molecule has 1 aliphatic carbocycles. The lowest BCUT2D eigenvalue weighted by Gasteiger charge is -2.29. The monoisotopic (exact) mass is 228 g/mol. The molecule has 0 radical (unpaired) electrons. The minimum Gasteiger partial charge on any atom is -0.389 e. The van der Waals surface area contributed by atoms with Crippen LogP contribution in [-0.2, 0) is 14.3 Å². The molecule has 6 heteroatoms. The fourth-order valence-electron chi connectivity index (χ4n) is 1.91. The van der Waals surface area contributed by atoms with Crippen LogP contribution in [0.25, 0.3) is 0 Å². The molecular weight excluding hydrogens is 212 g/mol. The average molecular weight is 228 g/mol. The van der Waals surface area contributed by atoms with E-state index in [1.165, 1.54) is 0 Å². The molecule has 2 rings (SSSR count). The second-order valence-electron chi connectivity index (χ2n) is 4.46. The van der Waals surface area contributed by atoms with Gasteiger partial charge in [-0.3, -0.25) is 9.59 Å². The Hall–Kier alpha value is -1.14. The second kappa shape index (κ2) is 4.03. The van der Waals surface area contributed by atoms with Crippen LogP contribution in [0.2, 0.25) is 0 Å². The van der Waals surface area contributed by atoms with E-state index in [0.29, 0.717) is 25.9 Å². The Labute approximate surface area is 93.1 Å². The zero-order valence-corrected chi connectivity index (χ0v) is 8.94. The van der Waals surface area contributed by atoms with Gasteiger partial charge in [-0.25, -0.2) is 0 Å². The largest absolute Gasteiger partial charge is 0.389 e. The lowest BCUT2D eigenvalue weighted by atomic mass is 10.0. The number of primary amides is 1. The fraction of sp³-hybridized carbons (Fsp3) is 0.800. The van der Waals surface area contributed by atoms with Crippen molar-refractivity contribution in [1.82, 2.24) is 5.32 Å². The van der Waals surface area contributed by atoms with Crippen LogP contribution >= 0.6 is 0 Å². The summed E-state index contributed by atoms with van der Waals surface area (Å²) in [5.74, 6) is -0.933. The van der Waals surface area contributed by atoms with E-state index in [1.807, 2.05) is 0 Å². The summed E-state index contributed by atoms with van der Waals surface area (Å²) in [5.41, 5.74) is 4.17. The van der Waals surface area contributed by atoms with Crippen LogP contribution in [0.3, 0.4) is 0 Å². The van der Waals surface area contributed by atoms with Gasteiger partial charge in [-0.15, -0.1) is 0 Å². The second-order valence-corrected chi connectivity index (χ2v) is 4.46. The van der Waals surface area contributed by atoms with E-state index >= 15 is 0 Å². The molecule has 90 valence electrons. The predicted molar refractivity (Wildman–Crippen MR) is 54.2 cm³/mol. The van der Waals surface area contributed by atoms with Gasteiger partial charge < -0.3 is 20.9 Å². The summed E-state index contributed by atoms with van der Waals surface area (Å²) < 4.78 is 5.05. The van der Waals surface area contributed by atoms with Crippen LogP contribution < -0.4 is 11.1 Å². The molecule has 2 atom stereocenters. The summed E-state index contributed by atoms with van der Waals surface area (Å²) >= 11 is 0. The Balaban J connectivity index is 1.94. The van der Waals surface area contributed by atoms with Crippen LogP contribution in [0.5, 0.6) is 0 Å². The molecule has 1 saturated heterocycles. The van der Waals surface area contributed by atoms with Crippen molar-refractivity contribution in [2.75, 3.05) is 13.2 Å². The van der Waals surface area contributed by atoms with Crippen LogP contribution in [0.15, 0.2) is 0 Å². The van der Waals surface area contributed by atoms with E-state index in [1.54, 1.807) is 0 Å². The Morgan fingerprint density at radius 1 is 1.44 bits per heavy atom. The fourth-order valence-corrected chi connectivity index (χ4v) is 1.91. The number of nitrogens with one attached hydrogen (secondary N) is 1. The van der Waals surface area contributed by atoms with E-state index < -0.39 is 17.4 Å². The summed E-state index contributed by atoms with van der Waals surface area (Å²) in [6, 6.07) is -0.335. The summed E-state index contributed by atoms with van der Waals surface area (Å²) in [7, 11) is 0. The predicted octanol–water partition coefficient (Wildman–Crippen LogP) is -1.48. The number of nitrogens with two attached hydrogens (primary N) is 1. The smallest absolute Gasteiger partial charge is 0.235 e. The van der Waals surface area contributed by atoms with Crippen LogP contribution in [0.4, 0.5) is 0 Å². The normalized spacial score (nSPS) is 31.8. The van der Waals surface area contributed by atoms with E-state index in [2.05, 4.69) is 5.32 Å². The molecule has 0 spiro atoms. The van der Waals surface area contributed by atoms with Crippen molar-refractivity contribution in [1.29, 1.82) is 0 Å². The molecule has 16 heavy (non-hydrogen) atoms. The third-order valence-corrected chi connectivity index (χ3v) is 3.30. The lowest BCUT2D eigenvalue weighted by Crippen LogP contribution is -2.52. The number of hydrogen-bond acceptors (Lipinski definition) is 4. The van der Waals surface area contributed by atoms with Gasteiger partial charge >= 0.3 is 0 Å². The van der Waals surface area contributed by atoms with Gasteiger partial charge in [-0.1, -0.05) is 0 Å². The zero-order valence-electron chi connectivity index (χ0n) is 8.94. The topological polar surface area (TPSA) is 102 Å². The van der Waals surface area contributed by atoms with Crippen LogP contribution in [0, 0.1) is 5.41 Å². The van der Waals surface area contributed by atoms with Gasteiger partial charge in [0.05, 0.1) is 18.8 Å². The van der Waals surface area contributed by atoms with Crippen molar-refractivity contribution in [3.63, 3.8) is 0 Å². The highest BCUT2D eigenvalue weighted by atomic mass is 16.5. The Morgan fingerprint density at radius 2 is 2.12 bits per heavy atom. The van der Waals surface area contributed by atoms with E-state index in [9.17, 15) is 14.7 Å². The maximum Gasteiger partial charge on any atom is 0.235 e. The van der Waals surface area contributed by atoms with Gasteiger partial charge in [0.25, 0.3) is 0 Å². The molecule has 6 nitrogen and oxygen atoms in total. The molecule has 0 aromatic rings. The summed E-state index contributed by atoms with van der Waals surface area (Å²) in [6.45, 7) is 0.722. The van der Waals surface area contributed by atoms with Gasteiger partial charge in [-0.05, 0) is 19.3 Å². The van der Waals surface area contributed by atoms with Crippen molar-refractivity contribution in [3.05, 3.63) is 0 Å². The summed E-state index contributed by atoms with van der Waals surface area (Å²) in [5, 5.41) is 12.3. The minimum absolute atomic E-state index is 0.217. The minimum atomic E-state index is -1.02. The molecule has 2 aliphatic rings. The zero-order chi connectivity index (χ0) is 11.8. The van der Waals surface area contributed by atoms with E-state index in [-0.39, 0.29) is 18.6 Å². The molecule has 1 heterocycles. The third kappa shape index (κ3) is 1.90. The highest BCUT2D eigenvalue weighted by Gasteiger charge is 2.55. The van der Waals surface area contributed by atoms with Crippen LogP contribution in [0.1, 0.15) is 19.3 Å². The molecule has 0 bridgehead atoms. The van der Waals surface area contributed by atoms with Crippen molar-refractivity contribution < 1.29 is 19.4 Å². The standard InChI is InChI=1S/C10H16N2O4/c11-8(14)10(2-3-10)9(15)12-6-1-4-16-5-7(6)13/h6-7,13H,1-5H2,(H2,11,14)(H,12,15)/t6-,7-/m1/s1. The first-order chi connectivity index (χ1) is 7.56. The average Bonchev–Trinajstić information content (AvgIpc) is 3.02. The highest BCUT2D eigenvalue weighted by Crippen LogP contribution is 2.45. The summed E-state index contributed by atoms with van der Waals surface area (Å²) in [4.78, 5) is 22.9. The molecule has 4 N–H and O–H groups in total. The number of hydrogen-bond donors (Lipinski definition) is 3. The first kappa shape index (κ1) is 11.3. The third-order valence-electron chi connectivity index (χ3n) is 3.30. The van der Waals surface area contributed by atoms with Crippen molar-refractivity contribution in [2.24, 2.45) is 11.1 Å². The Morgan fingerprint density at radius 3 is 2.62 bits per heavy atom. The molecule has 2 amide bonds. The number of carbonyl (C=O) groups excluding carboxylic acids is 2. The van der Waals surface area contributed by atoms with Gasteiger partial charge in [0, 0.05) is 6.61 Å². The van der Waals surface area contributed by atoms with Crippen molar-refractivity contribution in [2.45, 2.75) is 31.4 Å². The number of amides is 2. The van der Waals surface area contributed by atoms with Crippen molar-refractivity contribution >= 4 is 11.8 Å². The maximum absolute atomic E-state index is 11.8. The Kier molecular flexibility index (Phi) is 2.86. The molecule has 1 saturated carbocycles. The van der Waals surface area contributed by atoms with Gasteiger partial charge in [0.15, 0.2) is 0 Å². The first-order valence-electron chi connectivity index (χ1n) is 5.43. The summed E-state index contributed by atoms with van der Waals surface area (Å²) in [6.07, 6.45) is 0.865. The molecule has 0 unspecified atom stereocenters.